The Hall–Kier alpha value is -1.39. The second-order valence-corrected chi connectivity index (χ2v) is 4.66. The van der Waals surface area contributed by atoms with Gasteiger partial charge in [-0.15, -0.1) is 0 Å². The Morgan fingerprint density at radius 1 is 1.41 bits per heavy atom. The highest BCUT2D eigenvalue weighted by molar-refractivity contribution is 5.59. The third-order valence-electron chi connectivity index (χ3n) is 3.18. The normalized spacial score (nSPS) is 23.5. The van der Waals surface area contributed by atoms with Gasteiger partial charge in [-0.3, -0.25) is 0 Å². The molecule has 0 heterocycles. The lowest BCUT2D eigenvalue weighted by atomic mass is 10.1. The quantitative estimate of drug-likeness (QED) is 0.800. The predicted molar refractivity (Wildman–Crippen MR) is 61.6 cm³/mol. The van der Waals surface area contributed by atoms with Gasteiger partial charge in [-0.1, -0.05) is 6.92 Å². The summed E-state index contributed by atoms with van der Waals surface area (Å²) in [5.41, 5.74) is 4.94. The van der Waals surface area contributed by atoms with Gasteiger partial charge in [-0.25, -0.2) is 0 Å². The van der Waals surface area contributed by atoms with Crippen molar-refractivity contribution in [2.45, 2.75) is 19.5 Å². The monoisotopic (exact) mass is 244 g/mol. The number of benzene rings is 1. The van der Waals surface area contributed by atoms with Gasteiger partial charge in [-0.05, 0) is 36.5 Å². The maximum Gasteiger partial charge on any atom is 0.418 e. The van der Waals surface area contributed by atoms with Gasteiger partial charge < -0.3 is 11.1 Å². The Kier molecular flexibility index (Phi) is 2.93. The van der Waals surface area contributed by atoms with Crippen LogP contribution in [0.25, 0.3) is 0 Å². The zero-order valence-corrected chi connectivity index (χ0v) is 9.51. The van der Waals surface area contributed by atoms with E-state index in [-0.39, 0.29) is 11.4 Å². The van der Waals surface area contributed by atoms with E-state index in [1.165, 1.54) is 12.1 Å². The van der Waals surface area contributed by atoms with Crippen molar-refractivity contribution in [3.63, 3.8) is 0 Å². The van der Waals surface area contributed by atoms with E-state index in [1.807, 2.05) is 0 Å². The molecule has 0 spiro atoms. The summed E-state index contributed by atoms with van der Waals surface area (Å²) in [5, 5.41) is 2.86. The van der Waals surface area contributed by atoms with E-state index in [9.17, 15) is 13.2 Å². The summed E-state index contributed by atoms with van der Waals surface area (Å²) >= 11 is 0. The first-order valence-corrected chi connectivity index (χ1v) is 5.58. The first-order chi connectivity index (χ1) is 7.88. The highest BCUT2D eigenvalue weighted by Gasteiger charge is 2.35. The average Bonchev–Trinajstić information content (AvgIpc) is 2.91. The van der Waals surface area contributed by atoms with Crippen LogP contribution in [-0.4, -0.2) is 6.54 Å². The molecule has 0 aliphatic heterocycles. The summed E-state index contributed by atoms with van der Waals surface area (Å²) < 4.78 is 38.2. The van der Waals surface area contributed by atoms with Gasteiger partial charge >= 0.3 is 6.18 Å². The van der Waals surface area contributed by atoms with Crippen molar-refractivity contribution in [3.05, 3.63) is 23.8 Å². The van der Waals surface area contributed by atoms with Crippen LogP contribution in [0.5, 0.6) is 0 Å². The van der Waals surface area contributed by atoms with Crippen molar-refractivity contribution >= 4 is 11.4 Å². The van der Waals surface area contributed by atoms with E-state index >= 15 is 0 Å². The van der Waals surface area contributed by atoms with Crippen molar-refractivity contribution < 1.29 is 13.2 Å². The zero-order chi connectivity index (χ0) is 12.6. The largest absolute Gasteiger partial charge is 0.418 e. The van der Waals surface area contributed by atoms with Crippen LogP contribution in [0, 0.1) is 11.8 Å². The van der Waals surface area contributed by atoms with E-state index < -0.39 is 11.7 Å². The average molecular weight is 244 g/mol. The molecule has 5 heteroatoms. The number of anilines is 2. The van der Waals surface area contributed by atoms with E-state index in [0.717, 1.165) is 12.5 Å². The van der Waals surface area contributed by atoms with E-state index in [4.69, 9.17) is 5.73 Å². The van der Waals surface area contributed by atoms with Crippen LogP contribution in [0.4, 0.5) is 24.5 Å². The molecule has 94 valence electrons. The lowest BCUT2D eigenvalue weighted by molar-refractivity contribution is -0.136. The fourth-order valence-electron chi connectivity index (χ4n) is 1.88. The number of hydrogen-bond donors (Lipinski definition) is 2. The lowest BCUT2D eigenvalue weighted by Gasteiger charge is -2.15. The fourth-order valence-corrected chi connectivity index (χ4v) is 1.88. The minimum absolute atomic E-state index is 0.116. The number of hydrogen-bond acceptors (Lipinski definition) is 2. The van der Waals surface area contributed by atoms with Crippen molar-refractivity contribution in [1.29, 1.82) is 0 Å². The van der Waals surface area contributed by atoms with Crippen molar-refractivity contribution in [2.75, 3.05) is 17.6 Å². The Morgan fingerprint density at radius 2 is 2.06 bits per heavy atom. The molecule has 1 aromatic carbocycles. The third-order valence-corrected chi connectivity index (χ3v) is 3.18. The molecule has 0 aromatic heterocycles. The van der Waals surface area contributed by atoms with Gasteiger partial charge in [0.2, 0.25) is 0 Å². The summed E-state index contributed by atoms with van der Waals surface area (Å²) in [6.45, 7) is 2.69. The minimum Gasteiger partial charge on any atom is -0.399 e. The van der Waals surface area contributed by atoms with Crippen molar-refractivity contribution in [2.24, 2.45) is 11.8 Å². The maximum atomic E-state index is 12.7. The molecule has 0 saturated heterocycles. The number of nitrogen functional groups attached to an aromatic ring is 1. The molecule has 1 aromatic rings. The number of rotatable bonds is 3. The molecular formula is C12H15F3N2. The second-order valence-electron chi connectivity index (χ2n) is 4.66. The molecule has 3 N–H and O–H groups in total. The topological polar surface area (TPSA) is 38.0 Å². The molecule has 2 nitrogen and oxygen atoms in total. The molecule has 1 aliphatic rings. The van der Waals surface area contributed by atoms with Crippen LogP contribution in [-0.2, 0) is 6.18 Å². The van der Waals surface area contributed by atoms with Crippen LogP contribution in [0.3, 0.4) is 0 Å². The first-order valence-electron chi connectivity index (χ1n) is 5.58. The highest BCUT2D eigenvalue weighted by Crippen LogP contribution is 2.39. The van der Waals surface area contributed by atoms with Gasteiger partial charge in [0.1, 0.15) is 0 Å². The van der Waals surface area contributed by atoms with Gasteiger partial charge in [0.25, 0.3) is 0 Å². The Morgan fingerprint density at radius 3 is 2.59 bits per heavy atom. The van der Waals surface area contributed by atoms with Crippen LogP contribution >= 0.6 is 0 Å². The summed E-state index contributed by atoms with van der Waals surface area (Å²) in [6.07, 6.45) is -3.28. The minimum atomic E-state index is -4.37. The number of alkyl halides is 3. The second kappa shape index (κ2) is 4.13. The molecule has 2 rings (SSSR count). The molecule has 1 saturated carbocycles. The molecule has 1 aliphatic carbocycles. The van der Waals surface area contributed by atoms with E-state index in [0.29, 0.717) is 18.4 Å². The van der Waals surface area contributed by atoms with Gasteiger partial charge in [0, 0.05) is 17.9 Å². The summed E-state index contributed by atoms with van der Waals surface area (Å²) in [4.78, 5) is 0. The summed E-state index contributed by atoms with van der Waals surface area (Å²) in [7, 11) is 0. The smallest absolute Gasteiger partial charge is 0.399 e. The standard InChI is InChI=1S/C12H15F3N2/c1-7-4-8(7)6-17-11-3-2-9(16)5-10(11)12(13,14)15/h2-3,5,7-8,17H,4,6,16H2,1H3. The lowest BCUT2D eigenvalue weighted by Crippen LogP contribution is -2.13. The fraction of sp³-hybridized carbons (Fsp3) is 0.500. The number of nitrogens with one attached hydrogen (secondary N) is 1. The van der Waals surface area contributed by atoms with Gasteiger partial charge in [0.05, 0.1) is 5.56 Å². The van der Waals surface area contributed by atoms with Crippen LogP contribution in [0.1, 0.15) is 18.9 Å². The molecule has 2 atom stereocenters. The molecule has 0 radical (unpaired) electrons. The van der Waals surface area contributed by atoms with Crippen molar-refractivity contribution in [3.8, 4) is 0 Å². The summed E-state index contributed by atoms with van der Waals surface area (Å²) in [5.74, 6) is 1.11. The molecule has 17 heavy (non-hydrogen) atoms. The molecule has 0 amide bonds. The van der Waals surface area contributed by atoms with Crippen LogP contribution < -0.4 is 11.1 Å². The Balaban J connectivity index is 2.14. The Labute approximate surface area is 98.0 Å². The van der Waals surface area contributed by atoms with Crippen LogP contribution in [0.15, 0.2) is 18.2 Å². The molecule has 2 unspecified atom stereocenters. The van der Waals surface area contributed by atoms with E-state index in [2.05, 4.69) is 12.2 Å². The molecule has 0 bridgehead atoms. The molecule has 1 fully saturated rings. The SMILES string of the molecule is CC1CC1CNc1ccc(N)cc1C(F)(F)F. The Bertz CT molecular complexity index is 415. The van der Waals surface area contributed by atoms with Gasteiger partial charge in [-0.2, -0.15) is 13.2 Å². The summed E-state index contributed by atoms with van der Waals surface area (Å²) in [6, 6.07) is 3.85. The van der Waals surface area contributed by atoms with Crippen LogP contribution in [0.2, 0.25) is 0 Å². The highest BCUT2D eigenvalue weighted by atomic mass is 19.4. The first kappa shape index (κ1) is 12.1. The maximum absolute atomic E-state index is 12.7. The zero-order valence-electron chi connectivity index (χ0n) is 9.51. The third kappa shape index (κ3) is 2.84. The number of halogens is 3. The van der Waals surface area contributed by atoms with Crippen molar-refractivity contribution in [1.82, 2.24) is 0 Å². The number of nitrogens with two attached hydrogens (primary N) is 1. The van der Waals surface area contributed by atoms with Gasteiger partial charge in [0.15, 0.2) is 0 Å². The molecular weight excluding hydrogens is 229 g/mol. The van der Waals surface area contributed by atoms with E-state index in [1.54, 1.807) is 0 Å². The predicted octanol–water partition coefficient (Wildman–Crippen LogP) is 3.36.